The highest BCUT2D eigenvalue weighted by molar-refractivity contribution is 5.31. The Morgan fingerprint density at radius 2 is 0.822 bits per heavy atom. The van der Waals surface area contributed by atoms with E-state index in [1.165, 1.54) is 0 Å². The van der Waals surface area contributed by atoms with Crippen LogP contribution in [0.5, 0.6) is 0 Å². The predicted octanol–water partition coefficient (Wildman–Crippen LogP) is 11.6. The molecule has 0 spiro atoms. The Hall–Kier alpha value is -1.97. The van der Waals surface area contributed by atoms with Gasteiger partial charge in [-0.05, 0) is 67.8 Å². The minimum atomic E-state index is -8.62. The van der Waals surface area contributed by atoms with Crippen molar-refractivity contribution in [2.24, 2.45) is 17.8 Å². The summed E-state index contributed by atoms with van der Waals surface area (Å²) in [6, 6.07) is 1.75. The van der Waals surface area contributed by atoms with Gasteiger partial charge in [0.05, 0.1) is 0 Å². The molecule has 0 aliphatic heterocycles. The molecule has 3 rings (SSSR count). The fourth-order valence-electron chi connectivity index (χ4n) is 6.30. The number of hydrogen-bond acceptors (Lipinski definition) is 0. The Kier molecular flexibility index (Phi) is 9.93. The third-order valence-corrected chi connectivity index (χ3v) is 9.37. The summed E-state index contributed by atoms with van der Waals surface area (Å²) >= 11 is 0. The van der Waals surface area contributed by atoms with E-state index < -0.39 is 53.2 Å². The Bertz CT molecular complexity index is 1140. The first-order chi connectivity index (χ1) is 20.2. The number of rotatable bonds is 10. The van der Waals surface area contributed by atoms with Crippen molar-refractivity contribution in [3.8, 4) is 0 Å². The molecule has 0 atom stereocenters. The average Bonchev–Trinajstić information content (AvgIpc) is 2.96. The van der Waals surface area contributed by atoms with Gasteiger partial charge in [0.2, 0.25) is 0 Å². The number of benzene rings is 1. The summed E-state index contributed by atoms with van der Waals surface area (Å²) in [5.74, 6) is -55.1. The van der Waals surface area contributed by atoms with Crippen molar-refractivity contribution in [1.82, 2.24) is 0 Å². The second-order valence-electron chi connectivity index (χ2n) is 11.9. The standard InChI is InChI=1S/C28H29F17/c1-2-15-3-5-16(6-4-15)17-7-9-18(10-8-17)19-11-13-20(14-12-19)21(29,30)22(31,32)23(33,34)24(35,36)25(37,38)26(39,40)27(41,42)28(43,44)45/h11-18H,2-10H2,1H3/t15-,16-,17?,18?. The van der Waals surface area contributed by atoms with Gasteiger partial charge in [0.15, 0.2) is 0 Å². The van der Waals surface area contributed by atoms with Crippen molar-refractivity contribution in [2.75, 3.05) is 0 Å². The van der Waals surface area contributed by atoms with Crippen molar-refractivity contribution in [1.29, 1.82) is 0 Å². The quantitative estimate of drug-likeness (QED) is 0.215. The number of alkyl halides is 17. The highest BCUT2D eigenvalue weighted by Gasteiger charge is 2.95. The van der Waals surface area contributed by atoms with Crippen LogP contribution in [0.4, 0.5) is 74.6 Å². The number of halogens is 17. The molecule has 0 amide bonds. The Balaban J connectivity index is 1.81. The minimum Gasteiger partial charge on any atom is -0.194 e. The van der Waals surface area contributed by atoms with E-state index in [1.807, 2.05) is 0 Å². The van der Waals surface area contributed by atoms with E-state index in [1.54, 1.807) is 0 Å². The summed E-state index contributed by atoms with van der Waals surface area (Å²) in [5.41, 5.74) is -1.90. The first kappa shape index (κ1) is 37.5. The van der Waals surface area contributed by atoms with E-state index in [0.29, 0.717) is 30.6 Å². The fraction of sp³-hybridized carbons (Fsp3) is 0.786. The van der Waals surface area contributed by atoms with Crippen molar-refractivity contribution < 1.29 is 74.6 Å². The Labute approximate surface area is 246 Å². The molecule has 17 heteroatoms. The van der Waals surface area contributed by atoms with Crippen LogP contribution in [0.1, 0.15) is 81.8 Å². The van der Waals surface area contributed by atoms with Crippen LogP contribution in [0.25, 0.3) is 0 Å². The van der Waals surface area contributed by atoms with Crippen LogP contribution in [0.3, 0.4) is 0 Å². The normalized spacial score (nSPS) is 25.4. The average molecular weight is 689 g/mol. The maximum absolute atomic E-state index is 14.6. The highest BCUT2D eigenvalue weighted by Crippen LogP contribution is 2.65. The van der Waals surface area contributed by atoms with Gasteiger partial charge in [0, 0.05) is 5.56 Å². The molecule has 1 aromatic rings. The second-order valence-corrected chi connectivity index (χ2v) is 11.9. The molecule has 260 valence electrons. The van der Waals surface area contributed by atoms with E-state index in [9.17, 15) is 74.6 Å². The molecule has 0 unspecified atom stereocenters. The summed E-state index contributed by atoms with van der Waals surface area (Å²) < 4.78 is 231. The largest absolute Gasteiger partial charge is 0.460 e. The summed E-state index contributed by atoms with van der Waals surface area (Å²) in [6.45, 7) is 2.12. The maximum atomic E-state index is 14.6. The SMILES string of the molecule is CC[C@H]1CC[C@H](C2CCC(c3ccc(C(F)(F)C(F)(F)C(F)(F)C(F)(F)C(F)(F)C(F)(F)C(F)(F)C(F)(F)F)cc3)CC2)CC1. The molecule has 45 heavy (non-hydrogen) atoms. The Morgan fingerprint density at radius 1 is 0.467 bits per heavy atom. The van der Waals surface area contributed by atoms with Crippen LogP contribution in [-0.2, 0) is 5.92 Å². The van der Waals surface area contributed by atoms with E-state index >= 15 is 0 Å². The lowest BCUT2D eigenvalue weighted by atomic mass is 9.68. The third kappa shape index (κ3) is 5.88. The molecular formula is C28H29F17. The van der Waals surface area contributed by atoms with Crippen LogP contribution in [0.2, 0.25) is 0 Å². The van der Waals surface area contributed by atoms with Gasteiger partial charge in [-0.1, -0.05) is 50.5 Å². The van der Waals surface area contributed by atoms with Crippen molar-refractivity contribution in [2.45, 2.75) is 118 Å². The molecule has 0 nitrogen and oxygen atoms in total. The first-order valence-corrected chi connectivity index (χ1v) is 14.0. The molecule has 0 bridgehead atoms. The summed E-state index contributed by atoms with van der Waals surface area (Å²) in [6.07, 6.45) is 0.218. The Morgan fingerprint density at radius 3 is 1.20 bits per heavy atom. The summed E-state index contributed by atoms with van der Waals surface area (Å²) in [5, 5.41) is 0. The minimum absolute atomic E-state index is 0.0974. The van der Waals surface area contributed by atoms with Gasteiger partial charge in [0.25, 0.3) is 0 Å². The topological polar surface area (TPSA) is 0 Å². The monoisotopic (exact) mass is 688 g/mol. The van der Waals surface area contributed by atoms with Gasteiger partial charge >= 0.3 is 47.6 Å². The molecule has 0 aromatic heterocycles. The first-order valence-electron chi connectivity index (χ1n) is 14.0. The van der Waals surface area contributed by atoms with Crippen molar-refractivity contribution in [3.05, 3.63) is 35.4 Å². The maximum Gasteiger partial charge on any atom is 0.460 e. The van der Waals surface area contributed by atoms with E-state index in [-0.39, 0.29) is 23.6 Å². The van der Waals surface area contributed by atoms with Gasteiger partial charge in [0.1, 0.15) is 0 Å². The highest BCUT2D eigenvalue weighted by atomic mass is 19.4. The molecule has 0 saturated heterocycles. The molecule has 0 heterocycles. The van der Waals surface area contributed by atoms with Crippen LogP contribution in [0.15, 0.2) is 24.3 Å². The molecule has 2 aliphatic rings. The summed E-state index contributed by atoms with van der Waals surface area (Å²) in [7, 11) is 0. The zero-order chi connectivity index (χ0) is 34.7. The summed E-state index contributed by atoms with van der Waals surface area (Å²) in [4.78, 5) is 0. The van der Waals surface area contributed by atoms with Crippen molar-refractivity contribution >= 4 is 0 Å². The zero-order valence-electron chi connectivity index (χ0n) is 23.4. The molecule has 2 saturated carbocycles. The lowest BCUT2D eigenvalue weighted by molar-refractivity contribution is -0.462. The molecule has 0 radical (unpaired) electrons. The molecule has 0 N–H and O–H groups in total. The van der Waals surface area contributed by atoms with Crippen LogP contribution >= 0.6 is 0 Å². The third-order valence-electron chi connectivity index (χ3n) is 9.37. The van der Waals surface area contributed by atoms with Gasteiger partial charge in [-0.15, -0.1) is 0 Å². The lowest BCUT2D eigenvalue weighted by Crippen LogP contribution is -2.74. The smallest absolute Gasteiger partial charge is 0.194 e. The molecule has 1 aromatic carbocycles. The molecule has 2 aliphatic carbocycles. The molecule has 2 fully saturated rings. The van der Waals surface area contributed by atoms with Crippen LogP contribution in [-0.4, -0.2) is 41.7 Å². The zero-order valence-corrected chi connectivity index (χ0v) is 23.4. The molecular weight excluding hydrogens is 659 g/mol. The number of hydrogen-bond donors (Lipinski definition) is 0. The van der Waals surface area contributed by atoms with E-state index in [0.717, 1.165) is 57.1 Å². The van der Waals surface area contributed by atoms with Crippen LogP contribution in [0, 0.1) is 17.8 Å². The fourth-order valence-corrected chi connectivity index (χ4v) is 6.30. The van der Waals surface area contributed by atoms with E-state index in [4.69, 9.17) is 0 Å². The predicted molar refractivity (Wildman–Crippen MR) is 127 cm³/mol. The van der Waals surface area contributed by atoms with Gasteiger partial charge in [-0.3, -0.25) is 0 Å². The van der Waals surface area contributed by atoms with Gasteiger partial charge < -0.3 is 0 Å². The van der Waals surface area contributed by atoms with Crippen LogP contribution < -0.4 is 0 Å². The second kappa shape index (κ2) is 11.9. The van der Waals surface area contributed by atoms with E-state index in [2.05, 4.69) is 6.92 Å². The lowest BCUT2D eigenvalue weighted by Gasteiger charge is -2.42. The van der Waals surface area contributed by atoms with Gasteiger partial charge in [-0.25, -0.2) is 0 Å². The van der Waals surface area contributed by atoms with Gasteiger partial charge in [-0.2, -0.15) is 74.6 Å². The van der Waals surface area contributed by atoms with Crippen molar-refractivity contribution in [3.63, 3.8) is 0 Å².